The molecule has 0 saturated heterocycles. The number of aromatic nitrogens is 1. The van der Waals surface area contributed by atoms with Crippen LogP contribution in [0.25, 0.3) is 10.9 Å². The monoisotopic (exact) mass is 287 g/mol. The Bertz CT molecular complexity index is 687. The van der Waals surface area contributed by atoms with Gasteiger partial charge in [0.2, 0.25) is 5.91 Å². The van der Waals surface area contributed by atoms with Crippen molar-refractivity contribution < 1.29 is 6.17 Å². The first-order chi connectivity index (χ1) is 10.1. The maximum Gasteiger partial charge on any atom is 0.219 e. The molecule has 1 amide bonds. The lowest BCUT2D eigenvalue weighted by Gasteiger charge is -2.32. The number of nitrogens with one attached hydrogen (secondary N) is 1. The van der Waals surface area contributed by atoms with E-state index in [0.29, 0.717) is 6.54 Å². The van der Waals surface area contributed by atoms with Crippen molar-refractivity contribution >= 4 is 16.8 Å². The predicted molar refractivity (Wildman–Crippen MR) is 88.4 cm³/mol. The summed E-state index contributed by atoms with van der Waals surface area (Å²) < 4.78 is 8.35. The van der Waals surface area contributed by atoms with Crippen LogP contribution in [0.3, 0.4) is 0 Å². The molecular weight excluding hydrogens is 260 g/mol. The topological polar surface area (TPSA) is 36.1 Å². The maximum atomic E-state index is 11.7. The summed E-state index contributed by atoms with van der Waals surface area (Å²) in [4.78, 5) is 16.8. The number of hydrogen-bond acceptors (Lipinski definition) is 1. The van der Waals surface area contributed by atoms with E-state index in [4.69, 9.17) is 1.37 Å². The van der Waals surface area contributed by atoms with Crippen LogP contribution in [0.1, 0.15) is 53.7 Å². The molecule has 21 heavy (non-hydrogen) atoms. The zero-order valence-electron chi connectivity index (χ0n) is 13.4. The summed E-state index contributed by atoms with van der Waals surface area (Å²) in [7, 11) is 0. The Morgan fingerprint density at radius 3 is 2.62 bits per heavy atom. The number of H-pyrrole nitrogens is 1. The van der Waals surface area contributed by atoms with E-state index in [0.717, 1.165) is 24.1 Å². The summed E-state index contributed by atoms with van der Waals surface area (Å²) in [6, 6.07) is 8.23. The molecule has 1 fully saturated rings. The lowest BCUT2D eigenvalue weighted by atomic mass is 9.89. The zero-order chi connectivity index (χ0) is 15.2. The molecule has 3 nitrogen and oxygen atoms in total. The van der Waals surface area contributed by atoms with Gasteiger partial charge in [-0.2, -0.15) is 0 Å². The van der Waals surface area contributed by atoms with Crippen LogP contribution in [0.15, 0.2) is 24.3 Å². The van der Waals surface area contributed by atoms with Crippen LogP contribution >= 0.6 is 0 Å². The summed E-state index contributed by atoms with van der Waals surface area (Å²) in [5.74, 6) is -0.00409. The fourth-order valence-corrected chi connectivity index (χ4v) is 3.20. The molecule has 2 aliphatic rings. The van der Waals surface area contributed by atoms with Gasteiger partial charge >= 0.3 is 0 Å². The standard InChI is InChI=1S/C15H16N2O.C2H6.CH4/c1-10(18)17-8-13-14(15(9-17)6-7-15)11-4-2-3-5-12(11)16-13;1-2;/h2-5,16H,6-9H2,1H3;1-2H3;1H4/i8D;;/t8-;;/m0../s1. The minimum absolute atomic E-state index is 0. The van der Waals surface area contributed by atoms with Crippen molar-refractivity contribution in [1.82, 2.24) is 9.88 Å². The van der Waals surface area contributed by atoms with Gasteiger partial charge in [0.25, 0.3) is 0 Å². The number of para-hydroxylation sites is 1. The Balaban J connectivity index is 0.000000566. The summed E-state index contributed by atoms with van der Waals surface area (Å²) in [5, 5.41) is 1.23. The van der Waals surface area contributed by atoms with Gasteiger partial charge < -0.3 is 9.88 Å². The Hall–Kier alpha value is -1.77. The van der Waals surface area contributed by atoms with Gasteiger partial charge in [-0.15, -0.1) is 0 Å². The first-order valence-corrected chi connectivity index (χ1v) is 7.43. The minimum Gasteiger partial charge on any atom is -0.357 e. The first kappa shape index (κ1) is 14.2. The minimum atomic E-state index is -0.592. The number of carbonyl (C=O) groups is 1. The van der Waals surface area contributed by atoms with Crippen molar-refractivity contribution in [3.05, 3.63) is 35.5 Å². The van der Waals surface area contributed by atoms with Crippen molar-refractivity contribution in [3.8, 4) is 0 Å². The summed E-state index contributed by atoms with van der Waals surface area (Å²) >= 11 is 0. The summed E-state index contributed by atoms with van der Waals surface area (Å²) in [6.45, 7) is 5.67. The third-order valence-corrected chi connectivity index (χ3v) is 4.28. The Morgan fingerprint density at radius 1 is 1.33 bits per heavy atom. The molecule has 114 valence electrons. The smallest absolute Gasteiger partial charge is 0.219 e. The van der Waals surface area contributed by atoms with Gasteiger partial charge in [-0.3, -0.25) is 4.79 Å². The highest BCUT2D eigenvalue weighted by Gasteiger charge is 2.51. The summed E-state index contributed by atoms with van der Waals surface area (Å²) in [6.07, 6.45) is 2.25. The number of rotatable bonds is 0. The number of nitrogens with zero attached hydrogens (tertiary/aromatic N) is 1. The van der Waals surface area contributed by atoms with Gasteiger partial charge in [0.05, 0.1) is 7.89 Å². The molecule has 1 aliphatic carbocycles. The molecule has 1 aromatic carbocycles. The zero-order valence-corrected chi connectivity index (χ0v) is 12.4. The van der Waals surface area contributed by atoms with E-state index in [9.17, 15) is 4.79 Å². The van der Waals surface area contributed by atoms with Crippen LogP contribution in [-0.2, 0) is 16.7 Å². The summed E-state index contributed by atoms with van der Waals surface area (Å²) in [5.41, 5.74) is 3.40. The van der Waals surface area contributed by atoms with Crippen molar-refractivity contribution in [1.29, 1.82) is 0 Å². The highest BCUT2D eigenvalue weighted by atomic mass is 16.2. The van der Waals surface area contributed by atoms with Crippen LogP contribution in [0, 0.1) is 0 Å². The molecule has 2 heterocycles. The highest BCUT2D eigenvalue weighted by Crippen LogP contribution is 2.54. The van der Waals surface area contributed by atoms with Gasteiger partial charge in [-0.05, 0) is 24.5 Å². The number of fused-ring (bicyclic) bond motifs is 4. The Morgan fingerprint density at radius 2 is 2.00 bits per heavy atom. The first-order valence-electron chi connectivity index (χ1n) is 8.01. The molecule has 3 heteroatoms. The molecule has 1 spiro atoms. The van der Waals surface area contributed by atoms with Crippen molar-refractivity contribution in [2.45, 2.75) is 53.0 Å². The molecule has 1 saturated carbocycles. The molecule has 0 unspecified atom stereocenters. The second kappa shape index (κ2) is 5.55. The van der Waals surface area contributed by atoms with Crippen molar-refractivity contribution in [2.24, 2.45) is 0 Å². The highest BCUT2D eigenvalue weighted by molar-refractivity contribution is 5.87. The fraction of sp³-hybridized carbons (Fsp3) is 0.500. The molecule has 1 atom stereocenters. The van der Waals surface area contributed by atoms with Crippen LogP contribution < -0.4 is 0 Å². The van der Waals surface area contributed by atoms with E-state index in [1.807, 2.05) is 26.0 Å². The third-order valence-electron chi connectivity index (χ3n) is 4.28. The number of carbonyl (C=O) groups excluding carboxylic acids is 1. The van der Waals surface area contributed by atoms with Crippen molar-refractivity contribution in [2.75, 3.05) is 6.54 Å². The molecule has 2 aromatic rings. The van der Waals surface area contributed by atoms with Crippen molar-refractivity contribution in [3.63, 3.8) is 0 Å². The quantitative estimate of drug-likeness (QED) is 0.773. The van der Waals surface area contributed by atoms with Gasteiger partial charge in [-0.1, -0.05) is 39.5 Å². The molecule has 4 rings (SSSR count). The van der Waals surface area contributed by atoms with E-state index < -0.39 is 6.52 Å². The average Bonchev–Trinajstić information content (AvgIpc) is 3.15. The molecular formula is C18H26N2O. The molecule has 1 aromatic heterocycles. The maximum absolute atomic E-state index is 11.7. The van der Waals surface area contributed by atoms with E-state index in [2.05, 4.69) is 17.1 Å². The molecule has 0 bridgehead atoms. The third kappa shape index (κ3) is 2.35. The van der Waals surface area contributed by atoms with E-state index >= 15 is 0 Å². The lowest BCUT2D eigenvalue weighted by molar-refractivity contribution is -0.130. The number of benzene rings is 1. The molecule has 1 N–H and O–H groups in total. The molecule has 1 aliphatic heterocycles. The van der Waals surface area contributed by atoms with Crippen LogP contribution in [0.5, 0.6) is 0 Å². The van der Waals surface area contributed by atoms with E-state index in [1.54, 1.807) is 11.8 Å². The normalized spacial score (nSPS) is 21.8. The lowest BCUT2D eigenvalue weighted by Crippen LogP contribution is -2.40. The fourth-order valence-electron chi connectivity index (χ4n) is 3.20. The van der Waals surface area contributed by atoms with Gasteiger partial charge in [0.15, 0.2) is 0 Å². The second-order valence-corrected chi connectivity index (χ2v) is 5.52. The Labute approximate surface area is 128 Å². The number of aromatic amines is 1. The van der Waals surface area contributed by atoms with Crippen LogP contribution in [0.4, 0.5) is 0 Å². The second-order valence-electron chi connectivity index (χ2n) is 5.52. The number of hydrogen-bond donors (Lipinski definition) is 1. The van der Waals surface area contributed by atoms with Gasteiger partial charge in [0, 0.05) is 35.5 Å². The van der Waals surface area contributed by atoms with Gasteiger partial charge in [-0.25, -0.2) is 0 Å². The predicted octanol–water partition coefficient (Wildman–Crippen LogP) is 4.22. The van der Waals surface area contributed by atoms with Gasteiger partial charge in [0.1, 0.15) is 0 Å². The van der Waals surface area contributed by atoms with Crippen LogP contribution in [0.2, 0.25) is 0 Å². The number of amides is 1. The van der Waals surface area contributed by atoms with Crippen LogP contribution in [-0.4, -0.2) is 22.3 Å². The molecule has 0 radical (unpaired) electrons. The van der Waals surface area contributed by atoms with E-state index in [1.165, 1.54) is 10.9 Å². The SMILES string of the molecule is C.CC.[2H][C@H]1c2[nH]c3ccccc3c2C2(CC2)CN1C(C)=O. The average molecular weight is 287 g/mol. The largest absolute Gasteiger partial charge is 0.357 e. The van der Waals surface area contributed by atoms with E-state index in [-0.39, 0.29) is 18.7 Å². The Kier molecular flexibility index (Phi) is 3.75.